The first-order valence-electron chi connectivity index (χ1n) is 6.79. The molecule has 3 nitrogen and oxygen atoms in total. The highest BCUT2D eigenvalue weighted by atomic mass is 16.5. The molecule has 0 bridgehead atoms. The SMILES string of the molecule is CCCCc1ccc(Oc2ccc(C(=O)O)cc2)cc1. The third-order valence-electron chi connectivity index (χ3n) is 3.08. The summed E-state index contributed by atoms with van der Waals surface area (Å²) in [6.07, 6.45) is 3.47. The molecule has 2 rings (SSSR count). The molecule has 2 aromatic carbocycles. The molecule has 0 amide bonds. The van der Waals surface area contributed by atoms with Crippen LogP contribution in [0.1, 0.15) is 35.7 Å². The number of ether oxygens (including phenoxy) is 1. The number of rotatable bonds is 6. The number of benzene rings is 2. The topological polar surface area (TPSA) is 46.5 Å². The average Bonchev–Trinajstić information content (AvgIpc) is 2.47. The van der Waals surface area contributed by atoms with Crippen molar-refractivity contribution in [2.75, 3.05) is 0 Å². The van der Waals surface area contributed by atoms with E-state index in [9.17, 15) is 4.79 Å². The Morgan fingerprint density at radius 2 is 1.55 bits per heavy atom. The van der Waals surface area contributed by atoms with Crippen molar-refractivity contribution >= 4 is 5.97 Å². The summed E-state index contributed by atoms with van der Waals surface area (Å²) < 4.78 is 5.68. The smallest absolute Gasteiger partial charge is 0.335 e. The first-order valence-corrected chi connectivity index (χ1v) is 6.79. The van der Waals surface area contributed by atoms with Crippen molar-refractivity contribution in [1.29, 1.82) is 0 Å². The second-order valence-electron chi connectivity index (χ2n) is 4.68. The number of hydrogen-bond acceptors (Lipinski definition) is 2. The van der Waals surface area contributed by atoms with Crippen LogP contribution in [0.5, 0.6) is 11.5 Å². The summed E-state index contributed by atoms with van der Waals surface area (Å²) in [6, 6.07) is 14.4. The molecule has 0 heterocycles. The predicted molar refractivity (Wildman–Crippen MR) is 78.5 cm³/mol. The number of aryl methyl sites for hydroxylation is 1. The van der Waals surface area contributed by atoms with Gasteiger partial charge in [0, 0.05) is 0 Å². The lowest BCUT2D eigenvalue weighted by Gasteiger charge is -2.07. The van der Waals surface area contributed by atoms with E-state index in [0.717, 1.165) is 12.2 Å². The van der Waals surface area contributed by atoms with Crippen molar-refractivity contribution in [3.63, 3.8) is 0 Å². The second kappa shape index (κ2) is 6.75. The van der Waals surface area contributed by atoms with Gasteiger partial charge in [0.1, 0.15) is 11.5 Å². The Morgan fingerprint density at radius 3 is 2.05 bits per heavy atom. The molecule has 0 aromatic heterocycles. The standard InChI is InChI=1S/C17H18O3/c1-2-3-4-13-5-9-15(10-6-13)20-16-11-7-14(8-12-16)17(18)19/h5-12H,2-4H2,1H3,(H,18,19). The van der Waals surface area contributed by atoms with Crippen LogP contribution in [0.3, 0.4) is 0 Å². The maximum absolute atomic E-state index is 10.8. The van der Waals surface area contributed by atoms with Gasteiger partial charge in [0.25, 0.3) is 0 Å². The first kappa shape index (κ1) is 14.1. The molecule has 0 aliphatic heterocycles. The Balaban J connectivity index is 2.00. The van der Waals surface area contributed by atoms with Crippen molar-refractivity contribution in [1.82, 2.24) is 0 Å². The first-order chi connectivity index (χ1) is 9.69. The van der Waals surface area contributed by atoms with Crippen LogP contribution in [0.15, 0.2) is 48.5 Å². The van der Waals surface area contributed by atoms with Gasteiger partial charge in [-0.05, 0) is 54.8 Å². The van der Waals surface area contributed by atoms with E-state index in [1.165, 1.54) is 30.5 Å². The second-order valence-corrected chi connectivity index (χ2v) is 4.68. The normalized spacial score (nSPS) is 10.2. The molecule has 104 valence electrons. The number of hydrogen-bond donors (Lipinski definition) is 1. The Kier molecular flexibility index (Phi) is 4.77. The number of carbonyl (C=O) groups is 1. The van der Waals surface area contributed by atoms with E-state index in [0.29, 0.717) is 5.75 Å². The summed E-state index contributed by atoms with van der Waals surface area (Å²) in [7, 11) is 0. The van der Waals surface area contributed by atoms with Crippen LogP contribution in [-0.2, 0) is 6.42 Å². The molecule has 3 heteroatoms. The molecular weight excluding hydrogens is 252 g/mol. The molecule has 1 N–H and O–H groups in total. The van der Waals surface area contributed by atoms with E-state index >= 15 is 0 Å². The molecule has 0 fully saturated rings. The molecule has 0 aliphatic carbocycles. The van der Waals surface area contributed by atoms with Crippen molar-refractivity contribution in [3.05, 3.63) is 59.7 Å². The summed E-state index contributed by atoms with van der Waals surface area (Å²) >= 11 is 0. The Hall–Kier alpha value is -2.29. The van der Waals surface area contributed by atoms with Gasteiger partial charge in [0.2, 0.25) is 0 Å². The van der Waals surface area contributed by atoms with Crippen LogP contribution in [0.2, 0.25) is 0 Å². The van der Waals surface area contributed by atoms with Crippen LogP contribution in [0.4, 0.5) is 0 Å². The largest absolute Gasteiger partial charge is 0.478 e. The number of unbranched alkanes of at least 4 members (excludes halogenated alkanes) is 1. The van der Waals surface area contributed by atoms with E-state index in [4.69, 9.17) is 9.84 Å². The van der Waals surface area contributed by atoms with Crippen LogP contribution in [0.25, 0.3) is 0 Å². The van der Waals surface area contributed by atoms with Gasteiger partial charge in [-0.1, -0.05) is 25.5 Å². The molecule has 20 heavy (non-hydrogen) atoms. The van der Waals surface area contributed by atoms with E-state index in [2.05, 4.69) is 19.1 Å². The van der Waals surface area contributed by atoms with Crippen molar-refractivity contribution in [2.45, 2.75) is 26.2 Å². The summed E-state index contributed by atoms with van der Waals surface area (Å²) in [5.74, 6) is 0.460. The van der Waals surface area contributed by atoms with Gasteiger partial charge in [-0.15, -0.1) is 0 Å². The van der Waals surface area contributed by atoms with Crippen molar-refractivity contribution < 1.29 is 14.6 Å². The third kappa shape index (κ3) is 3.85. The van der Waals surface area contributed by atoms with E-state index in [1.54, 1.807) is 12.1 Å². The lowest BCUT2D eigenvalue weighted by atomic mass is 10.1. The van der Waals surface area contributed by atoms with Crippen LogP contribution >= 0.6 is 0 Å². The van der Waals surface area contributed by atoms with E-state index < -0.39 is 5.97 Å². The minimum atomic E-state index is -0.933. The summed E-state index contributed by atoms with van der Waals surface area (Å²) in [5, 5.41) is 8.83. The van der Waals surface area contributed by atoms with Gasteiger partial charge in [0.05, 0.1) is 5.56 Å². The molecule has 0 atom stereocenters. The summed E-state index contributed by atoms with van der Waals surface area (Å²) in [4.78, 5) is 10.8. The monoisotopic (exact) mass is 270 g/mol. The Morgan fingerprint density at radius 1 is 1.00 bits per heavy atom. The van der Waals surface area contributed by atoms with E-state index in [-0.39, 0.29) is 5.56 Å². The third-order valence-corrected chi connectivity index (χ3v) is 3.08. The van der Waals surface area contributed by atoms with Gasteiger partial charge in [-0.2, -0.15) is 0 Å². The van der Waals surface area contributed by atoms with Crippen LogP contribution < -0.4 is 4.74 Å². The highest BCUT2D eigenvalue weighted by molar-refractivity contribution is 5.87. The zero-order chi connectivity index (χ0) is 14.4. The van der Waals surface area contributed by atoms with Gasteiger partial charge < -0.3 is 9.84 Å². The molecule has 0 spiro atoms. The van der Waals surface area contributed by atoms with Crippen molar-refractivity contribution in [2.24, 2.45) is 0 Å². The van der Waals surface area contributed by atoms with Gasteiger partial charge in [-0.25, -0.2) is 4.79 Å². The molecule has 0 saturated heterocycles. The fourth-order valence-corrected chi connectivity index (χ4v) is 1.91. The fraction of sp³-hybridized carbons (Fsp3) is 0.235. The lowest BCUT2D eigenvalue weighted by Crippen LogP contribution is -1.95. The number of carboxylic acid groups (broad SMARTS) is 1. The summed E-state index contributed by atoms with van der Waals surface area (Å²) in [5.41, 5.74) is 1.56. The van der Waals surface area contributed by atoms with Crippen LogP contribution in [-0.4, -0.2) is 11.1 Å². The Bertz CT molecular complexity index is 556. The minimum absolute atomic E-state index is 0.257. The molecule has 2 aromatic rings. The predicted octanol–water partition coefficient (Wildman–Crippen LogP) is 4.52. The van der Waals surface area contributed by atoms with Gasteiger partial charge in [-0.3, -0.25) is 0 Å². The maximum atomic E-state index is 10.8. The highest BCUT2D eigenvalue weighted by Gasteiger charge is 2.03. The maximum Gasteiger partial charge on any atom is 0.335 e. The molecule has 0 unspecified atom stereocenters. The number of aromatic carboxylic acids is 1. The number of carboxylic acids is 1. The lowest BCUT2D eigenvalue weighted by molar-refractivity contribution is 0.0697. The Labute approximate surface area is 118 Å². The molecule has 0 aliphatic rings. The fourth-order valence-electron chi connectivity index (χ4n) is 1.91. The highest BCUT2D eigenvalue weighted by Crippen LogP contribution is 2.22. The molecular formula is C17H18O3. The van der Waals surface area contributed by atoms with Crippen molar-refractivity contribution in [3.8, 4) is 11.5 Å². The van der Waals surface area contributed by atoms with Crippen LogP contribution in [0, 0.1) is 0 Å². The molecule has 0 saturated carbocycles. The zero-order valence-electron chi connectivity index (χ0n) is 11.5. The van der Waals surface area contributed by atoms with E-state index in [1.807, 2.05) is 12.1 Å². The average molecular weight is 270 g/mol. The zero-order valence-corrected chi connectivity index (χ0v) is 11.5. The van der Waals surface area contributed by atoms with Gasteiger partial charge >= 0.3 is 5.97 Å². The van der Waals surface area contributed by atoms with Gasteiger partial charge in [0.15, 0.2) is 0 Å². The quantitative estimate of drug-likeness (QED) is 0.839. The minimum Gasteiger partial charge on any atom is -0.478 e. The summed E-state index contributed by atoms with van der Waals surface area (Å²) in [6.45, 7) is 2.18. The molecule has 0 radical (unpaired) electrons.